The summed E-state index contributed by atoms with van der Waals surface area (Å²) in [7, 11) is 2.07. The topological polar surface area (TPSA) is 29.9 Å². The Hall–Kier alpha value is -2.68. The van der Waals surface area contributed by atoms with Gasteiger partial charge in [0.25, 0.3) is 0 Å². The third-order valence-electron chi connectivity index (χ3n) is 4.19. The molecule has 0 N–H and O–H groups in total. The van der Waals surface area contributed by atoms with Crippen LogP contribution in [0, 0.1) is 13.8 Å². The summed E-state index contributed by atoms with van der Waals surface area (Å²) in [6, 6.07) is 10.5. The van der Waals surface area contributed by atoms with Gasteiger partial charge in [0, 0.05) is 34.8 Å². The molecule has 4 aromatic rings. The SMILES string of the molecule is Cc1ccc(-c2c(C)ccc3c2oc2ccncc23)[n+](C)c1. The minimum Gasteiger partial charge on any atom is -0.455 e. The van der Waals surface area contributed by atoms with Gasteiger partial charge in [-0.25, -0.2) is 4.57 Å². The molecular weight excluding hydrogens is 272 g/mol. The van der Waals surface area contributed by atoms with Gasteiger partial charge in [-0.3, -0.25) is 4.98 Å². The maximum atomic E-state index is 6.15. The minimum atomic E-state index is 0.881. The van der Waals surface area contributed by atoms with Gasteiger partial charge in [-0.2, -0.15) is 0 Å². The van der Waals surface area contributed by atoms with Crippen LogP contribution in [0.4, 0.5) is 0 Å². The first-order valence-electron chi connectivity index (χ1n) is 7.37. The molecule has 3 aromatic heterocycles. The van der Waals surface area contributed by atoms with Crippen LogP contribution in [0.2, 0.25) is 0 Å². The molecule has 0 fully saturated rings. The highest BCUT2D eigenvalue weighted by Gasteiger charge is 2.20. The van der Waals surface area contributed by atoms with Crippen LogP contribution < -0.4 is 4.57 Å². The van der Waals surface area contributed by atoms with Gasteiger partial charge in [-0.05, 0) is 31.5 Å². The van der Waals surface area contributed by atoms with Crippen molar-refractivity contribution in [3.63, 3.8) is 0 Å². The molecule has 0 saturated heterocycles. The van der Waals surface area contributed by atoms with E-state index < -0.39 is 0 Å². The summed E-state index contributed by atoms with van der Waals surface area (Å²) in [5, 5.41) is 2.18. The van der Waals surface area contributed by atoms with Crippen LogP contribution in [0.15, 0.2) is 53.3 Å². The number of benzene rings is 1. The third-order valence-corrected chi connectivity index (χ3v) is 4.19. The Labute approximate surface area is 128 Å². The maximum Gasteiger partial charge on any atom is 0.216 e. The van der Waals surface area contributed by atoms with Crippen molar-refractivity contribution in [3.8, 4) is 11.3 Å². The van der Waals surface area contributed by atoms with Gasteiger partial charge in [0.2, 0.25) is 5.69 Å². The van der Waals surface area contributed by atoms with Crippen molar-refractivity contribution in [2.45, 2.75) is 13.8 Å². The highest BCUT2D eigenvalue weighted by atomic mass is 16.3. The van der Waals surface area contributed by atoms with Crippen LogP contribution in [0.25, 0.3) is 33.2 Å². The number of rotatable bonds is 1. The number of hydrogen-bond acceptors (Lipinski definition) is 2. The molecule has 0 amide bonds. The molecule has 0 radical (unpaired) electrons. The molecule has 3 heteroatoms. The zero-order valence-corrected chi connectivity index (χ0v) is 12.9. The number of aromatic nitrogens is 2. The lowest BCUT2D eigenvalue weighted by Crippen LogP contribution is -2.31. The fraction of sp³-hybridized carbons (Fsp3) is 0.158. The Morgan fingerprint density at radius 1 is 1.00 bits per heavy atom. The average Bonchev–Trinajstić information content (AvgIpc) is 2.87. The van der Waals surface area contributed by atoms with Crippen molar-refractivity contribution < 1.29 is 8.98 Å². The molecule has 108 valence electrons. The molecule has 0 saturated carbocycles. The van der Waals surface area contributed by atoms with E-state index in [-0.39, 0.29) is 0 Å². The Bertz CT molecular complexity index is 1010. The number of fused-ring (bicyclic) bond motifs is 3. The van der Waals surface area contributed by atoms with E-state index in [0.717, 1.165) is 33.2 Å². The normalized spacial score (nSPS) is 11.4. The van der Waals surface area contributed by atoms with Crippen LogP contribution >= 0.6 is 0 Å². The number of furan rings is 1. The molecule has 0 aliphatic rings. The lowest BCUT2D eigenvalue weighted by atomic mass is 10.0. The largest absolute Gasteiger partial charge is 0.455 e. The van der Waals surface area contributed by atoms with E-state index >= 15 is 0 Å². The number of hydrogen-bond donors (Lipinski definition) is 0. The quantitative estimate of drug-likeness (QED) is 0.494. The number of aryl methyl sites for hydroxylation is 3. The zero-order valence-electron chi connectivity index (χ0n) is 12.9. The number of nitrogens with zero attached hydrogens (tertiary/aromatic N) is 2. The molecular formula is C19H17N2O+. The molecule has 1 aromatic carbocycles. The summed E-state index contributed by atoms with van der Waals surface area (Å²) in [6.07, 6.45) is 5.77. The standard InChI is InChI=1S/C19H17N2O/c1-12-4-7-16(21(3)11-12)18-13(2)5-6-14-15-10-20-9-8-17(15)22-19(14)18/h4-11H,1-3H3/q+1. The molecule has 0 bridgehead atoms. The van der Waals surface area contributed by atoms with Crippen molar-refractivity contribution in [1.29, 1.82) is 0 Å². The monoisotopic (exact) mass is 289 g/mol. The molecule has 0 atom stereocenters. The third kappa shape index (κ3) is 1.82. The molecule has 3 heterocycles. The van der Waals surface area contributed by atoms with Crippen LogP contribution in [0.5, 0.6) is 0 Å². The molecule has 3 nitrogen and oxygen atoms in total. The fourth-order valence-corrected chi connectivity index (χ4v) is 3.11. The van der Waals surface area contributed by atoms with Crippen LogP contribution in [-0.4, -0.2) is 4.98 Å². The molecule has 22 heavy (non-hydrogen) atoms. The van der Waals surface area contributed by atoms with E-state index in [0.29, 0.717) is 0 Å². The van der Waals surface area contributed by atoms with Gasteiger partial charge in [0.1, 0.15) is 18.2 Å². The summed E-state index contributed by atoms with van der Waals surface area (Å²) < 4.78 is 8.31. The summed E-state index contributed by atoms with van der Waals surface area (Å²) in [5.41, 5.74) is 6.56. The molecule has 0 spiro atoms. The predicted octanol–water partition coefficient (Wildman–Crippen LogP) is 4.09. The van der Waals surface area contributed by atoms with E-state index in [1.165, 1.54) is 11.1 Å². The highest BCUT2D eigenvalue weighted by molar-refractivity contribution is 6.09. The van der Waals surface area contributed by atoms with Crippen molar-refractivity contribution in [1.82, 2.24) is 4.98 Å². The van der Waals surface area contributed by atoms with Gasteiger partial charge >= 0.3 is 0 Å². The van der Waals surface area contributed by atoms with Crippen molar-refractivity contribution in [2.75, 3.05) is 0 Å². The molecule has 0 aliphatic heterocycles. The summed E-state index contributed by atoms with van der Waals surface area (Å²) in [4.78, 5) is 4.22. The first kappa shape index (κ1) is 13.0. The van der Waals surface area contributed by atoms with Crippen molar-refractivity contribution in [3.05, 3.63) is 60.0 Å². The van der Waals surface area contributed by atoms with Crippen molar-refractivity contribution >= 4 is 21.9 Å². The number of pyridine rings is 2. The Morgan fingerprint density at radius 3 is 2.68 bits per heavy atom. The van der Waals surface area contributed by atoms with Gasteiger partial charge in [0.05, 0.1) is 5.56 Å². The lowest BCUT2D eigenvalue weighted by molar-refractivity contribution is -0.660. The van der Waals surface area contributed by atoms with Gasteiger partial charge in [-0.1, -0.05) is 12.1 Å². The van der Waals surface area contributed by atoms with Gasteiger partial charge in [-0.15, -0.1) is 0 Å². The highest BCUT2D eigenvalue weighted by Crippen LogP contribution is 2.36. The second-order valence-electron chi connectivity index (χ2n) is 5.81. The summed E-state index contributed by atoms with van der Waals surface area (Å²) in [6.45, 7) is 4.23. The van der Waals surface area contributed by atoms with E-state index in [1.54, 1.807) is 6.20 Å². The second kappa shape index (κ2) is 4.67. The van der Waals surface area contributed by atoms with E-state index in [2.05, 4.69) is 60.9 Å². The fourth-order valence-electron chi connectivity index (χ4n) is 3.11. The van der Waals surface area contributed by atoms with Gasteiger partial charge < -0.3 is 4.42 Å². The molecule has 0 unspecified atom stereocenters. The summed E-state index contributed by atoms with van der Waals surface area (Å²) in [5.74, 6) is 0. The second-order valence-corrected chi connectivity index (χ2v) is 5.81. The van der Waals surface area contributed by atoms with E-state index in [1.807, 2.05) is 12.3 Å². The van der Waals surface area contributed by atoms with E-state index in [4.69, 9.17) is 4.42 Å². The Kier molecular flexibility index (Phi) is 2.76. The van der Waals surface area contributed by atoms with Crippen LogP contribution in [0.1, 0.15) is 11.1 Å². The van der Waals surface area contributed by atoms with Crippen molar-refractivity contribution in [2.24, 2.45) is 7.05 Å². The first-order chi connectivity index (χ1) is 10.6. The van der Waals surface area contributed by atoms with Crippen LogP contribution in [-0.2, 0) is 7.05 Å². The lowest BCUT2D eigenvalue weighted by Gasteiger charge is -2.05. The van der Waals surface area contributed by atoms with E-state index in [9.17, 15) is 0 Å². The summed E-state index contributed by atoms with van der Waals surface area (Å²) >= 11 is 0. The predicted molar refractivity (Wildman–Crippen MR) is 87.6 cm³/mol. The average molecular weight is 289 g/mol. The maximum absolute atomic E-state index is 6.15. The van der Waals surface area contributed by atoms with Crippen LogP contribution in [0.3, 0.4) is 0 Å². The minimum absolute atomic E-state index is 0.881. The zero-order chi connectivity index (χ0) is 15.3. The Morgan fingerprint density at radius 2 is 1.86 bits per heavy atom. The molecule has 0 aliphatic carbocycles. The Balaban J connectivity index is 2.14. The first-order valence-corrected chi connectivity index (χ1v) is 7.37. The van der Waals surface area contributed by atoms with Gasteiger partial charge in [0.15, 0.2) is 6.20 Å². The smallest absolute Gasteiger partial charge is 0.216 e. The molecule has 4 rings (SSSR count).